The van der Waals surface area contributed by atoms with Gasteiger partial charge in [-0.2, -0.15) is 0 Å². The van der Waals surface area contributed by atoms with Gasteiger partial charge in [-0.25, -0.2) is 0 Å². The van der Waals surface area contributed by atoms with Crippen molar-refractivity contribution in [3.05, 3.63) is 36.2 Å². The van der Waals surface area contributed by atoms with Crippen LogP contribution >= 0.6 is 0 Å². The predicted molar refractivity (Wildman–Crippen MR) is 85.8 cm³/mol. The third-order valence-electron chi connectivity index (χ3n) is 4.10. The molecule has 2 heterocycles. The summed E-state index contributed by atoms with van der Waals surface area (Å²) in [4.78, 5) is 18.4. The Morgan fingerprint density at radius 2 is 2.43 bits per heavy atom. The maximum atomic E-state index is 11.8. The molecule has 4 heteroatoms. The third-order valence-corrected chi connectivity index (χ3v) is 4.10. The number of carbonyl (C=O) groups is 1. The number of aromatic nitrogens is 1. The molecule has 2 rings (SSSR count). The number of likely N-dealkylation sites (tertiary alicyclic amines) is 1. The monoisotopic (exact) mass is 287 g/mol. The second-order valence-electron chi connectivity index (χ2n) is 5.80. The number of hydrogen-bond donors (Lipinski definition) is 1. The molecule has 1 amide bonds. The van der Waals surface area contributed by atoms with E-state index in [0.717, 1.165) is 12.1 Å². The molecule has 2 atom stereocenters. The molecule has 1 N–H and O–H groups in total. The van der Waals surface area contributed by atoms with Gasteiger partial charge in [-0.1, -0.05) is 12.5 Å². The zero-order valence-corrected chi connectivity index (χ0v) is 13.0. The minimum atomic E-state index is -0.0460. The first kappa shape index (κ1) is 15.7. The van der Waals surface area contributed by atoms with Crippen LogP contribution in [-0.4, -0.2) is 41.0 Å². The smallest absolute Gasteiger partial charge is 0.244 e. The molecule has 0 saturated carbocycles. The van der Waals surface area contributed by atoms with Crippen LogP contribution in [0, 0.1) is 0 Å². The lowest BCUT2D eigenvalue weighted by molar-refractivity contribution is -0.116. The van der Waals surface area contributed by atoms with Crippen molar-refractivity contribution >= 4 is 12.0 Å². The first-order valence-electron chi connectivity index (χ1n) is 7.78. The van der Waals surface area contributed by atoms with Gasteiger partial charge in [0.1, 0.15) is 0 Å². The number of carbonyl (C=O) groups excluding carboxylic acids is 1. The van der Waals surface area contributed by atoms with Crippen molar-refractivity contribution in [1.29, 1.82) is 0 Å². The van der Waals surface area contributed by atoms with E-state index in [2.05, 4.69) is 29.0 Å². The molecule has 1 aliphatic rings. The molecule has 1 saturated heterocycles. The van der Waals surface area contributed by atoms with Crippen LogP contribution in [-0.2, 0) is 4.79 Å². The Bertz CT molecular complexity index is 472. The topological polar surface area (TPSA) is 45.2 Å². The van der Waals surface area contributed by atoms with Gasteiger partial charge in [-0.15, -0.1) is 0 Å². The van der Waals surface area contributed by atoms with Crippen molar-refractivity contribution in [1.82, 2.24) is 15.2 Å². The summed E-state index contributed by atoms with van der Waals surface area (Å²) in [5, 5.41) is 2.98. The Balaban J connectivity index is 1.77. The van der Waals surface area contributed by atoms with Gasteiger partial charge in [0.2, 0.25) is 5.91 Å². The molecule has 0 spiro atoms. The van der Waals surface area contributed by atoms with Gasteiger partial charge >= 0.3 is 0 Å². The SMILES string of the molecule is CC1CCCCN1C(C)CNC(=O)C=Cc1cccnc1. The molecule has 21 heavy (non-hydrogen) atoms. The van der Waals surface area contributed by atoms with Crippen molar-refractivity contribution in [3.8, 4) is 0 Å². The van der Waals surface area contributed by atoms with Gasteiger partial charge in [0.05, 0.1) is 0 Å². The van der Waals surface area contributed by atoms with Crippen LogP contribution < -0.4 is 5.32 Å². The molecule has 4 nitrogen and oxygen atoms in total. The lowest BCUT2D eigenvalue weighted by atomic mass is 10.0. The van der Waals surface area contributed by atoms with Crippen molar-refractivity contribution in [2.24, 2.45) is 0 Å². The quantitative estimate of drug-likeness (QED) is 0.846. The molecule has 0 bridgehead atoms. The fourth-order valence-electron chi connectivity index (χ4n) is 2.85. The lowest BCUT2D eigenvalue weighted by Crippen LogP contribution is -2.48. The molecular formula is C17H25N3O. The van der Waals surface area contributed by atoms with Crippen molar-refractivity contribution in [2.75, 3.05) is 13.1 Å². The number of nitrogens with one attached hydrogen (secondary N) is 1. The fourth-order valence-corrected chi connectivity index (χ4v) is 2.85. The van der Waals surface area contributed by atoms with E-state index in [9.17, 15) is 4.79 Å². The van der Waals surface area contributed by atoms with Crippen molar-refractivity contribution < 1.29 is 4.79 Å². The summed E-state index contributed by atoms with van der Waals surface area (Å²) in [6, 6.07) is 4.79. The van der Waals surface area contributed by atoms with Crippen LogP contribution in [0.2, 0.25) is 0 Å². The summed E-state index contributed by atoms with van der Waals surface area (Å²) in [6.45, 7) is 6.30. The number of amides is 1. The first-order valence-corrected chi connectivity index (χ1v) is 7.78. The summed E-state index contributed by atoms with van der Waals surface area (Å²) in [7, 11) is 0. The summed E-state index contributed by atoms with van der Waals surface area (Å²) in [6.07, 6.45) is 10.7. The highest BCUT2D eigenvalue weighted by molar-refractivity contribution is 5.91. The van der Waals surface area contributed by atoms with Crippen molar-refractivity contribution in [3.63, 3.8) is 0 Å². The Morgan fingerprint density at radius 1 is 1.57 bits per heavy atom. The molecule has 114 valence electrons. The fraction of sp³-hybridized carbons (Fsp3) is 0.529. The van der Waals surface area contributed by atoms with Crippen LogP contribution in [0.25, 0.3) is 6.08 Å². The maximum absolute atomic E-state index is 11.8. The van der Waals surface area contributed by atoms with Crippen LogP contribution in [0.5, 0.6) is 0 Å². The molecular weight excluding hydrogens is 262 g/mol. The molecule has 1 aromatic heterocycles. The molecule has 2 unspecified atom stereocenters. The summed E-state index contributed by atoms with van der Waals surface area (Å²) < 4.78 is 0. The van der Waals surface area contributed by atoms with Crippen LogP contribution in [0.15, 0.2) is 30.6 Å². The number of rotatable bonds is 5. The minimum Gasteiger partial charge on any atom is -0.351 e. The molecule has 0 aromatic carbocycles. The van der Waals surface area contributed by atoms with E-state index < -0.39 is 0 Å². The standard InChI is InChI=1S/C17H25N3O/c1-14-6-3-4-11-20(14)15(2)12-19-17(21)9-8-16-7-5-10-18-13-16/h5,7-10,13-15H,3-4,6,11-12H2,1-2H3,(H,19,21). The minimum absolute atomic E-state index is 0.0460. The molecule has 1 aliphatic heterocycles. The Morgan fingerprint density at radius 3 is 3.14 bits per heavy atom. The average Bonchev–Trinajstić information content (AvgIpc) is 2.52. The maximum Gasteiger partial charge on any atom is 0.244 e. The van der Waals surface area contributed by atoms with Crippen LogP contribution in [0.3, 0.4) is 0 Å². The van der Waals surface area contributed by atoms with Crippen LogP contribution in [0.1, 0.15) is 38.7 Å². The van der Waals surface area contributed by atoms with Gasteiger partial charge in [-0.3, -0.25) is 14.7 Å². The number of pyridine rings is 1. The molecule has 1 aromatic rings. The molecule has 1 fully saturated rings. The lowest BCUT2D eigenvalue weighted by Gasteiger charge is -2.38. The second kappa shape index (κ2) is 7.93. The Kier molecular flexibility index (Phi) is 5.93. The molecule has 0 radical (unpaired) electrons. The van der Waals surface area contributed by atoms with Crippen molar-refractivity contribution in [2.45, 2.75) is 45.2 Å². The van der Waals surface area contributed by atoms with E-state index in [1.54, 1.807) is 24.5 Å². The van der Waals surface area contributed by atoms with Gasteiger partial charge < -0.3 is 5.32 Å². The predicted octanol–water partition coefficient (Wildman–Crippen LogP) is 2.47. The van der Waals surface area contributed by atoms with E-state index in [1.807, 2.05) is 12.1 Å². The van der Waals surface area contributed by atoms with Gasteiger partial charge in [0.15, 0.2) is 0 Å². The number of hydrogen-bond acceptors (Lipinski definition) is 3. The highest BCUT2D eigenvalue weighted by atomic mass is 16.1. The van der Waals surface area contributed by atoms with E-state index >= 15 is 0 Å². The second-order valence-corrected chi connectivity index (χ2v) is 5.80. The zero-order valence-electron chi connectivity index (χ0n) is 13.0. The number of piperidine rings is 1. The zero-order chi connectivity index (χ0) is 15.1. The van der Waals surface area contributed by atoms with E-state index in [1.165, 1.54) is 19.3 Å². The highest BCUT2D eigenvalue weighted by Crippen LogP contribution is 2.18. The third kappa shape index (κ3) is 4.97. The summed E-state index contributed by atoms with van der Waals surface area (Å²) in [5.41, 5.74) is 0.936. The van der Waals surface area contributed by atoms with E-state index in [4.69, 9.17) is 0 Å². The largest absolute Gasteiger partial charge is 0.351 e. The van der Waals surface area contributed by atoms with Gasteiger partial charge in [0.25, 0.3) is 0 Å². The van der Waals surface area contributed by atoms with E-state index in [-0.39, 0.29) is 5.91 Å². The average molecular weight is 287 g/mol. The number of nitrogens with zero attached hydrogens (tertiary/aromatic N) is 2. The molecule has 0 aliphatic carbocycles. The van der Waals surface area contributed by atoms with Gasteiger partial charge in [0, 0.05) is 37.1 Å². The summed E-state index contributed by atoms with van der Waals surface area (Å²) in [5.74, 6) is -0.0460. The Labute approximate surface area is 127 Å². The van der Waals surface area contributed by atoms with Gasteiger partial charge in [-0.05, 0) is 50.9 Å². The highest BCUT2D eigenvalue weighted by Gasteiger charge is 2.22. The first-order chi connectivity index (χ1) is 10.2. The van der Waals surface area contributed by atoms with E-state index in [0.29, 0.717) is 18.6 Å². The van der Waals surface area contributed by atoms with Crippen LogP contribution in [0.4, 0.5) is 0 Å². The summed E-state index contributed by atoms with van der Waals surface area (Å²) >= 11 is 0. The normalized spacial score (nSPS) is 21.3. The Hall–Kier alpha value is -1.68.